The second-order valence-electron chi connectivity index (χ2n) is 4.21. The number of hydrogen-bond acceptors (Lipinski definition) is 2. The molecule has 3 nitrogen and oxygen atoms in total. The van der Waals surface area contributed by atoms with Crippen LogP contribution in [0.5, 0.6) is 0 Å². The van der Waals surface area contributed by atoms with E-state index >= 15 is 0 Å². The van der Waals surface area contributed by atoms with Gasteiger partial charge in [-0.1, -0.05) is 15.9 Å². The predicted molar refractivity (Wildman–Crippen MR) is 85.3 cm³/mol. The SMILES string of the molecule is O=C(O)c1cc(S(=O)Cc2cc(F)cc(Br)c2)ccc1Br. The molecule has 0 radical (unpaired) electrons. The first kappa shape index (κ1) is 16.3. The number of rotatable bonds is 4. The Bertz CT molecular complexity index is 714. The Morgan fingerprint density at radius 2 is 1.90 bits per heavy atom. The average molecular weight is 436 g/mol. The van der Waals surface area contributed by atoms with Gasteiger partial charge in [0.25, 0.3) is 0 Å². The van der Waals surface area contributed by atoms with E-state index in [1.165, 1.54) is 24.3 Å². The smallest absolute Gasteiger partial charge is 0.336 e. The minimum atomic E-state index is -1.46. The second-order valence-corrected chi connectivity index (χ2v) is 7.44. The molecule has 110 valence electrons. The van der Waals surface area contributed by atoms with Gasteiger partial charge in [-0.2, -0.15) is 0 Å². The first-order valence-electron chi connectivity index (χ1n) is 5.73. The number of carboxylic acid groups (broad SMARTS) is 1. The predicted octanol–water partition coefficient (Wildman–Crippen LogP) is 4.36. The summed E-state index contributed by atoms with van der Waals surface area (Å²) >= 11 is 6.31. The summed E-state index contributed by atoms with van der Waals surface area (Å²) in [4.78, 5) is 11.4. The lowest BCUT2D eigenvalue weighted by Crippen LogP contribution is -2.02. The summed E-state index contributed by atoms with van der Waals surface area (Å²) in [5.41, 5.74) is 0.612. The van der Waals surface area contributed by atoms with E-state index in [9.17, 15) is 13.4 Å². The number of carbonyl (C=O) groups is 1. The number of aromatic carboxylic acids is 1. The summed E-state index contributed by atoms with van der Waals surface area (Å²) in [6.07, 6.45) is 0. The van der Waals surface area contributed by atoms with Crippen molar-refractivity contribution >= 4 is 48.6 Å². The lowest BCUT2D eigenvalue weighted by molar-refractivity contribution is 0.0695. The molecule has 21 heavy (non-hydrogen) atoms. The van der Waals surface area contributed by atoms with Crippen molar-refractivity contribution in [3.8, 4) is 0 Å². The molecule has 2 aromatic rings. The highest BCUT2D eigenvalue weighted by Gasteiger charge is 2.13. The summed E-state index contributed by atoms with van der Waals surface area (Å²) in [5, 5.41) is 9.05. The number of halogens is 3. The third-order valence-electron chi connectivity index (χ3n) is 2.65. The second kappa shape index (κ2) is 6.81. The van der Waals surface area contributed by atoms with Gasteiger partial charge in [0.15, 0.2) is 0 Å². The molecule has 0 bridgehead atoms. The molecule has 1 atom stereocenters. The van der Waals surface area contributed by atoms with E-state index < -0.39 is 22.6 Å². The van der Waals surface area contributed by atoms with Crippen molar-refractivity contribution in [3.63, 3.8) is 0 Å². The van der Waals surface area contributed by atoms with Crippen molar-refractivity contribution in [2.45, 2.75) is 10.6 Å². The van der Waals surface area contributed by atoms with Gasteiger partial charge in [-0.3, -0.25) is 4.21 Å². The highest BCUT2D eigenvalue weighted by molar-refractivity contribution is 9.10. The highest BCUT2D eigenvalue weighted by Crippen LogP contribution is 2.23. The van der Waals surface area contributed by atoms with Crippen LogP contribution in [0.2, 0.25) is 0 Å². The van der Waals surface area contributed by atoms with Crippen molar-refractivity contribution in [2.75, 3.05) is 0 Å². The Morgan fingerprint density at radius 3 is 2.52 bits per heavy atom. The molecule has 2 aromatic carbocycles. The van der Waals surface area contributed by atoms with Gasteiger partial charge in [0.1, 0.15) is 5.82 Å². The Hall–Kier alpha value is -1.05. The summed E-state index contributed by atoms with van der Waals surface area (Å²) in [5.74, 6) is -1.41. The van der Waals surface area contributed by atoms with E-state index in [0.29, 0.717) is 19.4 Å². The van der Waals surface area contributed by atoms with Crippen molar-refractivity contribution in [2.24, 2.45) is 0 Å². The molecule has 2 rings (SSSR count). The van der Waals surface area contributed by atoms with Crippen molar-refractivity contribution in [1.82, 2.24) is 0 Å². The molecule has 0 aromatic heterocycles. The molecular formula is C14H9Br2FO3S. The van der Waals surface area contributed by atoms with Crippen LogP contribution in [0.25, 0.3) is 0 Å². The highest BCUT2D eigenvalue weighted by atomic mass is 79.9. The molecule has 0 aliphatic carbocycles. The Morgan fingerprint density at radius 1 is 1.19 bits per heavy atom. The molecule has 1 unspecified atom stereocenters. The lowest BCUT2D eigenvalue weighted by atomic mass is 10.2. The van der Waals surface area contributed by atoms with Crippen LogP contribution in [0.1, 0.15) is 15.9 Å². The number of carboxylic acids is 1. The van der Waals surface area contributed by atoms with E-state index in [1.807, 2.05) is 0 Å². The molecule has 0 spiro atoms. The molecule has 0 aliphatic rings. The van der Waals surface area contributed by atoms with Crippen LogP contribution in [0.4, 0.5) is 4.39 Å². The van der Waals surface area contributed by atoms with E-state index in [1.54, 1.807) is 12.1 Å². The molecule has 1 N–H and O–H groups in total. The zero-order chi connectivity index (χ0) is 15.6. The molecule has 0 aliphatic heterocycles. The molecule has 0 heterocycles. The van der Waals surface area contributed by atoms with Gasteiger partial charge in [-0.25, -0.2) is 9.18 Å². The van der Waals surface area contributed by atoms with Crippen LogP contribution in [0, 0.1) is 5.82 Å². The van der Waals surface area contributed by atoms with Crippen LogP contribution >= 0.6 is 31.9 Å². The van der Waals surface area contributed by atoms with E-state index in [0.717, 1.165) is 0 Å². The van der Waals surface area contributed by atoms with E-state index in [4.69, 9.17) is 5.11 Å². The molecule has 0 amide bonds. The standard InChI is InChI=1S/C14H9Br2FO3S/c15-9-3-8(4-10(17)5-9)7-21(20)11-1-2-13(16)12(6-11)14(18)19/h1-6H,7H2,(H,18,19). The number of hydrogen-bond donors (Lipinski definition) is 1. The van der Waals surface area contributed by atoms with Crippen molar-refractivity contribution < 1.29 is 18.5 Å². The van der Waals surface area contributed by atoms with Gasteiger partial charge in [0, 0.05) is 13.8 Å². The van der Waals surface area contributed by atoms with Gasteiger partial charge in [-0.05, 0) is 57.9 Å². The monoisotopic (exact) mass is 434 g/mol. The molecule has 0 saturated carbocycles. The molecule has 0 saturated heterocycles. The minimum absolute atomic E-state index is 0.0428. The quantitative estimate of drug-likeness (QED) is 0.776. The fraction of sp³-hybridized carbons (Fsp3) is 0.0714. The van der Waals surface area contributed by atoms with Crippen LogP contribution in [0.3, 0.4) is 0 Å². The van der Waals surface area contributed by atoms with Gasteiger partial charge in [-0.15, -0.1) is 0 Å². The summed E-state index contributed by atoms with van der Waals surface area (Å²) < 4.78 is 26.6. The average Bonchev–Trinajstić information content (AvgIpc) is 2.37. The third kappa shape index (κ3) is 4.21. The zero-order valence-electron chi connectivity index (χ0n) is 10.5. The maximum absolute atomic E-state index is 13.3. The normalized spacial score (nSPS) is 12.1. The largest absolute Gasteiger partial charge is 0.478 e. The number of benzene rings is 2. The Balaban J connectivity index is 2.28. The van der Waals surface area contributed by atoms with Crippen molar-refractivity contribution in [1.29, 1.82) is 0 Å². The zero-order valence-corrected chi connectivity index (χ0v) is 14.5. The fourth-order valence-corrected chi connectivity index (χ4v) is 3.77. The van der Waals surface area contributed by atoms with Gasteiger partial charge in [0.2, 0.25) is 0 Å². The van der Waals surface area contributed by atoms with Gasteiger partial charge >= 0.3 is 5.97 Å². The Kier molecular flexibility index (Phi) is 5.29. The van der Waals surface area contributed by atoms with Crippen LogP contribution in [0.15, 0.2) is 50.2 Å². The van der Waals surface area contributed by atoms with Crippen molar-refractivity contribution in [3.05, 3.63) is 62.3 Å². The molecule has 0 fully saturated rings. The molecular weight excluding hydrogens is 427 g/mol. The first-order chi connectivity index (χ1) is 9.86. The fourth-order valence-electron chi connectivity index (χ4n) is 1.74. The Labute approximate surface area is 139 Å². The topological polar surface area (TPSA) is 54.4 Å². The van der Waals surface area contributed by atoms with Crippen LogP contribution in [-0.4, -0.2) is 15.3 Å². The molecule has 7 heteroatoms. The maximum Gasteiger partial charge on any atom is 0.336 e. The lowest BCUT2D eigenvalue weighted by Gasteiger charge is -2.06. The van der Waals surface area contributed by atoms with Crippen LogP contribution < -0.4 is 0 Å². The van der Waals surface area contributed by atoms with Gasteiger partial charge < -0.3 is 5.11 Å². The minimum Gasteiger partial charge on any atom is -0.478 e. The van der Waals surface area contributed by atoms with Crippen LogP contribution in [-0.2, 0) is 16.6 Å². The van der Waals surface area contributed by atoms with Gasteiger partial charge in [0.05, 0.1) is 22.1 Å². The summed E-state index contributed by atoms with van der Waals surface area (Å²) in [6.45, 7) is 0. The summed E-state index contributed by atoms with van der Waals surface area (Å²) in [6, 6.07) is 8.78. The summed E-state index contributed by atoms with van der Waals surface area (Å²) in [7, 11) is -1.46. The van der Waals surface area contributed by atoms with E-state index in [2.05, 4.69) is 31.9 Å². The third-order valence-corrected chi connectivity index (χ3v) is 5.18. The van der Waals surface area contributed by atoms with E-state index in [-0.39, 0.29) is 11.3 Å². The maximum atomic E-state index is 13.3. The first-order valence-corrected chi connectivity index (χ1v) is 8.63.